The third-order valence-electron chi connectivity index (χ3n) is 4.77. The van der Waals surface area contributed by atoms with Crippen molar-refractivity contribution in [3.05, 3.63) is 77.1 Å². The number of aromatic nitrogens is 1. The number of nitrogens with one attached hydrogen (secondary N) is 2. The first-order valence-electron chi connectivity index (χ1n) is 9.09. The van der Waals surface area contributed by atoms with E-state index in [1.807, 2.05) is 24.3 Å². The van der Waals surface area contributed by atoms with Crippen LogP contribution in [-0.2, 0) is 21.7 Å². The number of halogens is 1. The van der Waals surface area contributed by atoms with Crippen molar-refractivity contribution in [1.82, 2.24) is 20.5 Å². The van der Waals surface area contributed by atoms with Crippen molar-refractivity contribution in [2.75, 3.05) is 6.54 Å². The van der Waals surface area contributed by atoms with Crippen molar-refractivity contribution in [2.24, 2.45) is 0 Å². The molecule has 4 rings (SSSR count). The van der Waals surface area contributed by atoms with Crippen LogP contribution < -0.4 is 10.6 Å². The van der Waals surface area contributed by atoms with E-state index in [1.165, 1.54) is 28.4 Å². The average Bonchev–Trinajstić information content (AvgIpc) is 3.35. The largest absolute Gasteiger partial charge is 0.338 e. The van der Waals surface area contributed by atoms with Gasteiger partial charge < -0.3 is 10.2 Å². The van der Waals surface area contributed by atoms with Crippen LogP contribution in [0, 0.1) is 5.82 Å². The number of rotatable bonds is 7. The summed E-state index contributed by atoms with van der Waals surface area (Å²) in [5, 5.41) is 4.95. The standard InChI is InChI=1S/C21H17FN4O3S/c22-15-6-4-14(5-7-15)11-26(13-27)12-21(19(28)24-20(29)25-21)18-9-8-17(30-18)16-3-1-2-10-23-16/h1-10,13H,11-12H2,(H2,24,25,28,29)/t21-/m0/s1. The fraction of sp³-hybridized carbons (Fsp3) is 0.143. The molecule has 152 valence electrons. The normalized spacial score (nSPS) is 18.0. The minimum Gasteiger partial charge on any atom is -0.338 e. The highest BCUT2D eigenvalue weighted by molar-refractivity contribution is 7.15. The number of hydrogen-bond donors (Lipinski definition) is 2. The summed E-state index contributed by atoms with van der Waals surface area (Å²) in [5.41, 5.74) is 0.0198. The highest BCUT2D eigenvalue weighted by Gasteiger charge is 2.50. The Morgan fingerprint density at radius 3 is 2.53 bits per heavy atom. The zero-order valence-electron chi connectivity index (χ0n) is 15.7. The molecule has 4 amide bonds. The Balaban J connectivity index is 1.65. The fourth-order valence-electron chi connectivity index (χ4n) is 3.33. The van der Waals surface area contributed by atoms with Gasteiger partial charge in [0.15, 0.2) is 5.54 Å². The lowest BCUT2D eigenvalue weighted by Gasteiger charge is -2.30. The number of hydrogen-bond acceptors (Lipinski definition) is 5. The predicted octanol–water partition coefficient (Wildman–Crippen LogP) is 2.64. The van der Waals surface area contributed by atoms with Crippen LogP contribution in [-0.4, -0.2) is 34.8 Å². The maximum Gasteiger partial charge on any atom is 0.322 e. The minimum atomic E-state index is -1.42. The molecule has 3 aromatic rings. The van der Waals surface area contributed by atoms with Crippen LogP contribution in [0.15, 0.2) is 60.8 Å². The third kappa shape index (κ3) is 3.79. The van der Waals surface area contributed by atoms with Gasteiger partial charge in [0.25, 0.3) is 5.91 Å². The molecule has 1 aliphatic heterocycles. The fourth-order valence-corrected chi connectivity index (χ4v) is 4.44. The third-order valence-corrected chi connectivity index (χ3v) is 6.04. The zero-order valence-corrected chi connectivity index (χ0v) is 16.5. The Morgan fingerprint density at radius 2 is 1.90 bits per heavy atom. The highest BCUT2D eigenvalue weighted by Crippen LogP contribution is 2.36. The lowest BCUT2D eigenvalue weighted by atomic mass is 9.96. The SMILES string of the molecule is O=CN(Cc1ccc(F)cc1)C[C@@]1(c2ccc(-c3ccccn3)s2)NC(=O)NC1=O. The van der Waals surface area contributed by atoms with Crippen molar-refractivity contribution >= 4 is 29.7 Å². The number of carbonyl (C=O) groups excluding carboxylic acids is 3. The summed E-state index contributed by atoms with van der Waals surface area (Å²) < 4.78 is 13.2. The Kier molecular flexibility index (Phi) is 5.28. The van der Waals surface area contributed by atoms with Gasteiger partial charge in [-0.2, -0.15) is 0 Å². The number of imide groups is 1. The van der Waals surface area contributed by atoms with Gasteiger partial charge in [0.1, 0.15) is 5.82 Å². The number of nitrogens with zero attached hydrogens (tertiary/aromatic N) is 2. The summed E-state index contributed by atoms with van der Waals surface area (Å²) in [7, 11) is 0. The first-order chi connectivity index (χ1) is 14.5. The molecule has 30 heavy (non-hydrogen) atoms. The summed E-state index contributed by atoms with van der Waals surface area (Å²) in [4.78, 5) is 43.6. The summed E-state index contributed by atoms with van der Waals surface area (Å²) in [5.74, 6) is -0.913. The van der Waals surface area contributed by atoms with Gasteiger partial charge in [0.05, 0.1) is 17.1 Å². The van der Waals surface area contributed by atoms with Crippen LogP contribution in [0.3, 0.4) is 0 Å². The molecule has 0 aliphatic carbocycles. The Morgan fingerprint density at radius 1 is 1.10 bits per heavy atom. The summed E-state index contributed by atoms with van der Waals surface area (Å²) in [6.45, 7) is 0.0841. The monoisotopic (exact) mass is 424 g/mol. The van der Waals surface area contributed by atoms with E-state index in [2.05, 4.69) is 15.6 Å². The van der Waals surface area contributed by atoms with Gasteiger partial charge in [0, 0.05) is 17.6 Å². The number of carbonyl (C=O) groups is 3. The number of thiophene rings is 1. The lowest BCUT2D eigenvalue weighted by Crippen LogP contribution is -2.51. The molecule has 0 radical (unpaired) electrons. The van der Waals surface area contributed by atoms with Crippen molar-refractivity contribution in [2.45, 2.75) is 12.1 Å². The quantitative estimate of drug-likeness (QED) is 0.451. The second-order valence-corrected chi connectivity index (χ2v) is 7.91. The number of pyridine rings is 1. The molecule has 3 heterocycles. The molecular weight excluding hydrogens is 407 g/mol. The van der Waals surface area contributed by atoms with Crippen LogP contribution in [0.5, 0.6) is 0 Å². The smallest absolute Gasteiger partial charge is 0.322 e. The molecule has 9 heteroatoms. The molecule has 1 aromatic carbocycles. The Bertz CT molecular complexity index is 1090. The highest BCUT2D eigenvalue weighted by atomic mass is 32.1. The maximum atomic E-state index is 13.2. The van der Waals surface area contributed by atoms with E-state index >= 15 is 0 Å². The van der Waals surface area contributed by atoms with E-state index in [0.29, 0.717) is 16.9 Å². The molecule has 1 atom stereocenters. The lowest BCUT2D eigenvalue weighted by molar-refractivity contribution is -0.127. The summed E-state index contributed by atoms with van der Waals surface area (Å²) >= 11 is 1.32. The van der Waals surface area contributed by atoms with Gasteiger partial charge in [-0.15, -0.1) is 11.3 Å². The van der Waals surface area contributed by atoms with E-state index in [9.17, 15) is 18.8 Å². The van der Waals surface area contributed by atoms with Gasteiger partial charge in [-0.25, -0.2) is 9.18 Å². The molecule has 0 unspecified atom stereocenters. The molecule has 1 saturated heterocycles. The molecule has 1 aliphatic rings. The second kappa shape index (κ2) is 8.03. The second-order valence-electron chi connectivity index (χ2n) is 6.83. The Hall–Kier alpha value is -3.59. The predicted molar refractivity (Wildman–Crippen MR) is 109 cm³/mol. The molecule has 0 bridgehead atoms. The molecule has 1 fully saturated rings. The molecule has 2 aromatic heterocycles. The molecule has 2 N–H and O–H groups in total. The van der Waals surface area contributed by atoms with Crippen LogP contribution >= 0.6 is 11.3 Å². The topological polar surface area (TPSA) is 91.4 Å². The molecule has 0 spiro atoms. The summed E-state index contributed by atoms with van der Waals surface area (Å²) in [6, 6.07) is 14.2. The van der Waals surface area contributed by atoms with Gasteiger partial charge >= 0.3 is 6.03 Å². The van der Waals surface area contributed by atoms with Crippen LogP contribution in [0.2, 0.25) is 0 Å². The van der Waals surface area contributed by atoms with Gasteiger partial charge in [-0.1, -0.05) is 18.2 Å². The van der Waals surface area contributed by atoms with Crippen molar-refractivity contribution in [1.29, 1.82) is 0 Å². The number of benzene rings is 1. The van der Waals surface area contributed by atoms with Crippen molar-refractivity contribution in [3.63, 3.8) is 0 Å². The van der Waals surface area contributed by atoms with Crippen LogP contribution in [0.25, 0.3) is 10.6 Å². The van der Waals surface area contributed by atoms with E-state index in [4.69, 9.17) is 0 Å². The molecule has 7 nitrogen and oxygen atoms in total. The van der Waals surface area contributed by atoms with E-state index in [-0.39, 0.29) is 18.9 Å². The minimum absolute atomic E-state index is 0.0758. The zero-order chi connectivity index (χ0) is 21.1. The van der Waals surface area contributed by atoms with Crippen LogP contribution in [0.1, 0.15) is 10.4 Å². The van der Waals surface area contributed by atoms with E-state index in [1.54, 1.807) is 24.4 Å². The first-order valence-corrected chi connectivity index (χ1v) is 9.91. The molecular formula is C21H17FN4O3S. The first kappa shape index (κ1) is 19.7. The van der Waals surface area contributed by atoms with Gasteiger partial charge in [-0.3, -0.25) is 19.9 Å². The van der Waals surface area contributed by atoms with Crippen molar-refractivity contribution in [3.8, 4) is 10.6 Å². The number of amides is 4. The van der Waals surface area contributed by atoms with Crippen LogP contribution in [0.4, 0.5) is 9.18 Å². The Labute approximate surface area is 175 Å². The van der Waals surface area contributed by atoms with E-state index in [0.717, 1.165) is 10.6 Å². The number of urea groups is 1. The maximum absolute atomic E-state index is 13.2. The van der Waals surface area contributed by atoms with Gasteiger partial charge in [0.2, 0.25) is 6.41 Å². The summed E-state index contributed by atoms with van der Waals surface area (Å²) in [6.07, 6.45) is 2.28. The van der Waals surface area contributed by atoms with Gasteiger partial charge in [-0.05, 0) is 42.0 Å². The average molecular weight is 424 g/mol. The van der Waals surface area contributed by atoms with E-state index < -0.39 is 17.5 Å². The van der Waals surface area contributed by atoms with Crippen molar-refractivity contribution < 1.29 is 18.8 Å². The molecule has 0 saturated carbocycles.